The summed E-state index contributed by atoms with van der Waals surface area (Å²) in [6, 6.07) is 1.77. The van der Waals surface area contributed by atoms with Crippen LogP contribution in [0.5, 0.6) is 0 Å². The lowest BCUT2D eigenvalue weighted by molar-refractivity contribution is -0.840. The molecule has 0 bridgehead atoms. The molecule has 0 aromatic carbocycles. The molecule has 0 amide bonds. The molecule has 16 unspecified atom stereocenters. The first kappa shape index (κ1) is 100. The molecule has 18 aliphatic rings. The van der Waals surface area contributed by atoms with Gasteiger partial charge in [0.2, 0.25) is 97.6 Å². The maximum atomic E-state index is 8.55. The fraction of sp³-hybridized carbons (Fsp3) is 0.973. The lowest BCUT2D eigenvalue weighted by Gasteiger charge is -3.24. The summed E-state index contributed by atoms with van der Waals surface area (Å²) in [6.45, 7) is 94.3. The number of methoxy groups -OCH3 is 1. The molecule has 18 rings (SSSR count). The molecule has 16 atom stereocenters. The number of ether oxygens (including phenoxy) is 1. The minimum Gasteiger partial charge on any atom is -0.534 e. The normalized spacial score (nSPS) is 47.4. The molecule has 0 heterocycles. The van der Waals surface area contributed by atoms with Crippen molar-refractivity contribution < 1.29 is 115 Å². The maximum Gasteiger partial charge on any atom is 0.392 e. The molecule has 0 saturated heterocycles. The van der Waals surface area contributed by atoms with Crippen LogP contribution in [0.4, 0.5) is 0 Å². The van der Waals surface area contributed by atoms with Crippen molar-refractivity contribution in [2.24, 2.45) is 0 Å². The Labute approximate surface area is 776 Å². The van der Waals surface area contributed by atoms with Crippen molar-refractivity contribution in [1.29, 1.82) is 0 Å². The summed E-state index contributed by atoms with van der Waals surface area (Å²) in [6.07, 6.45) is 1.86. The van der Waals surface area contributed by atoms with Gasteiger partial charge in [-0.1, -0.05) is 26.7 Å². The van der Waals surface area contributed by atoms with Gasteiger partial charge in [0, 0.05) is 7.11 Å². The van der Waals surface area contributed by atoms with Crippen LogP contribution in [0.3, 0.4) is 0 Å². The van der Waals surface area contributed by atoms with Crippen LogP contribution < -0.4 is 0 Å². The van der Waals surface area contributed by atoms with Crippen molar-refractivity contribution in [2.75, 3.05) is 7.11 Å². The van der Waals surface area contributed by atoms with Crippen molar-refractivity contribution >= 4 is 219 Å². The van der Waals surface area contributed by atoms with Gasteiger partial charge in [-0.25, -0.2) is 0 Å². The number of hydrogen-bond acceptors (Lipinski definition) is 26. The molecule has 0 aromatic heterocycles. The highest BCUT2D eigenvalue weighted by atomic mass is 28.4. The van der Waals surface area contributed by atoms with E-state index in [4.69, 9.17) is 115 Å². The summed E-state index contributed by atoms with van der Waals surface area (Å²) in [5.74, 6) is 3.84. The SMILES string of the molecule is CCC[Si](C)(C)OC12C3(O[Si]C)C4(O[Si]C)C5(O[Si]C)C3(O[Si]C)C1(O[Si](C)(C)CCC)C5(O[Si](C)(C)O/C=[Si](\C)OC13C5(O[Si]C)C6(O[Si]C)C7(OC)C5(O[Si](C)(C)C)C1(O[Si](C)(C)O/C=[Si](/C)OC15C8(O[Si]C)C9(O[Si]C)C1(O[Si]C)C1(O[Si](C)(C)C)C9(O[Si](C)(C)C)C8(O[Si](C)(C)C)C51O[Si](C)(C)C)C7(O[Si](C)(C)C)C63O[Si]C)C42O[Si](C)(C)C. The lowest BCUT2D eigenvalue weighted by Crippen LogP contribution is -3.53. The molecule has 0 aliphatic heterocycles. The van der Waals surface area contributed by atoms with E-state index < -0.39 is 244 Å². The van der Waals surface area contributed by atoms with Crippen molar-refractivity contribution in [1.82, 2.24) is 0 Å². The first-order valence-electron chi connectivity index (χ1n) is 44.1. The fourth-order valence-electron chi connectivity index (χ4n) is 30.8. The van der Waals surface area contributed by atoms with Gasteiger partial charge in [-0.05, 0) is 281 Å². The molecular formula is C74H142O26Si23. The van der Waals surface area contributed by atoms with Crippen LogP contribution in [-0.2, 0) is 115 Å². The summed E-state index contributed by atoms with van der Waals surface area (Å²) in [7, 11) is -34.6. The highest BCUT2D eigenvalue weighted by Crippen LogP contribution is 3.19. The van der Waals surface area contributed by atoms with Crippen molar-refractivity contribution in [2.45, 2.75) is 442 Å². The monoisotopic (exact) mass is 2090 g/mol. The first-order chi connectivity index (χ1) is 56.3. The Morgan fingerprint density at radius 1 is 0.220 bits per heavy atom. The zero-order valence-corrected chi connectivity index (χ0v) is 105. The summed E-state index contributed by atoms with van der Waals surface area (Å²) in [4.78, 5) is 0. The van der Waals surface area contributed by atoms with Crippen LogP contribution in [0, 0.1) is 0 Å². The summed E-state index contributed by atoms with van der Waals surface area (Å²) < 4.78 is 206. The third-order valence-electron chi connectivity index (χ3n) is 28.9. The molecule has 18 aliphatic carbocycles. The largest absolute Gasteiger partial charge is 0.534 e. The Morgan fingerprint density at radius 2 is 0.374 bits per heavy atom. The van der Waals surface area contributed by atoms with E-state index in [2.05, 4.69) is 282 Å². The minimum atomic E-state index is -3.77. The summed E-state index contributed by atoms with van der Waals surface area (Å²) in [5, 5.41) is 0. The molecule has 18 fully saturated rings. The molecule has 0 aromatic rings. The van der Waals surface area contributed by atoms with Crippen LogP contribution >= 0.6 is 0 Å². The molecule has 20 radical (unpaired) electrons. The standard InChI is InChI=1S/C74H142O26Si23/c1-45-47-120(37,38)97-70-54(80-103-6)53(79-102-5)56(82-105-8)55(54,81-104-7)71(70,98-121(39,40)48-46-2)72(56,67(53,70)93-116(25,26)27)99-122(41,42)76-49-112(15)89-63-58(84-107-10)52(78-101-4)51(75-3)64(58,90-113(16,17)18)74(63,65(51,91-114(19,20)21)59(52,63)85-108-11)100-123(43,44)77-50-111(14)88-62-60(86-109-12)57(83-106-9)61(62,87-110-13)69(95-118(31,32)33)66(57,92-115(22,23)24)68(60,94-117(28,29)30)73(62,69)96-119(34,35)36/h49-50H,45-48H2,1-44H3/b111-50-,112-49+. The Bertz CT molecular complexity index is 4240. The molecular weight excluding hydrogens is 1950 g/mol. The zero-order valence-electron chi connectivity index (χ0n) is 82.1. The van der Waals surface area contributed by atoms with E-state index in [1.54, 1.807) is 7.11 Å². The van der Waals surface area contributed by atoms with Gasteiger partial charge in [-0.2, -0.15) is 0 Å². The van der Waals surface area contributed by atoms with E-state index in [0.717, 1.165) is 24.9 Å². The topological polar surface area (TPSA) is 240 Å². The van der Waals surface area contributed by atoms with Crippen molar-refractivity contribution in [3.8, 4) is 0 Å². The molecule has 18 saturated carbocycles. The Kier molecular flexibility index (Phi) is 23.1. The van der Waals surface area contributed by atoms with Gasteiger partial charge >= 0.3 is 17.1 Å². The van der Waals surface area contributed by atoms with Gasteiger partial charge in [0.1, 0.15) is 0 Å². The molecule has 49 heteroatoms. The highest BCUT2D eigenvalue weighted by Gasteiger charge is 3.50. The highest BCUT2D eigenvalue weighted by molar-refractivity contribution is 6.76. The number of hydrogen-bond donors (Lipinski definition) is 0. The second kappa shape index (κ2) is 28.2. The van der Waals surface area contributed by atoms with Gasteiger partial charge < -0.3 is 115 Å². The summed E-state index contributed by atoms with van der Waals surface area (Å²) >= 11 is 0. The summed E-state index contributed by atoms with van der Waals surface area (Å²) in [5.41, 5.74) is -31.3. The van der Waals surface area contributed by atoms with Crippen LogP contribution in [0.1, 0.15) is 26.7 Å². The van der Waals surface area contributed by atoms with E-state index in [9.17, 15) is 0 Å². The third-order valence-corrected chi connectivity index (χ3v) is 51.2. The zero-order chi connectivity index (χ0) is 92.4. The van der Waals surface area contributed by atoms with Gasteiger partial charge in [-0.3, -0.25) is 0 Å². The quantitative estimate of drug-likeness (QED) is 0.0514. The van der Waals surface area contributed by atoms with Gasteiger partial charge in [-0.15, -0.1) is 0 Å². The molecule has 0 spiro atoms. The van der Waals surface area contributed by atoms with Crippen LogP contribution in [-0.4, -0.2) is 360 Å². The lowest BCUT2D eigenvalue weighted by atomic mass is 8.87. The van der Waals surface area contributed by atoms with Gasteiger partial charge in [0.05, 0.1) is 11.7 Å². The Morgan fingerprint density at radius 3 is 0.553 bits per heavy atom. The smallest absolute Gasteiger partial charge is 0.392 e. The Balaban J connectivity index is 0.880. The Hall–Kier alpha value is 3.05. The minimum absolute atomic E-state index is 0.00209. The molecule has 0 N–H and O–H groups in total. The van der Waals surface area contributed by atoms with E-state index in [1.807, 2.05) is 11.7 Å². The second-order valence-corrected chi connectivity index (χ2v) is 101. The number of rotatable bonds is 55. The average molecular weight is 2090 g/mol. The first-order valence-corrected chi connectivity index (χ1v) is 97.9. The molecule has 686 valence electrons. The van der Waals surface area contributed by atoms with E-state index >= 15 is 0 Å². The van der Waals surface area contributed by atoms with E-state index in [-0.39, 0.29) is 97.6 Å². The predicted molar refractivity (Wildman–Crippen MR) is 515 cm³/mol. The molecule has 26 nitrogen and oxygen atoms in total. The van der Waals surface area contributed by atoms with Gasteiger partial charge in [0.15, 0.2) is 209 Å². The van der Waals surface area contributed by atoms with Crippen LogP contribution in [0.15, 0.2) is 0 Å². The molecule has 123 heavy (non-hydrogen) atoms. The van der Waals surface area contributed by atoms with E-state index in [1.165, 1.54) is 0 Å². The third kappa shape index (κ3) is 8.72. The van der Waals surface area contributed by atoms with E-state index in [0.29, 0.717) is 0 Å². The predicted octanol–water partition coefficient (Wildman–Crippen LogP) is 11.1. The van der Waals surface area contributed by atoms with Crippen LogP contribution in [0.2, 0.25) is 281 Å². The second-order valence-electron chi connectivity index (χ2n) is 45.2. The van der Waals surface area contributed by atoms with Crippen molar-refractivity contribution in [3.05, 3.63) is 0 Å². The fourth-order valence-corrected chi connectivity index (χ4v) is 60.7. The average Bonchev–Trinajstić information content (AvgIpc) is 0.499. The maximum absolute atomic E-state index is 8.55. The van der Waals surface area contributed by atoms with Gasteiger partial charge in [0.25, 0.3) is 17.3 Å². The van der Waals surface area contributed by atoms with Crippen molar-refractivity contribution in [3.63, 3.8) is 0 Å². The van der Waals surface area contributed by atoms with Crippen LogP contribution in [0.25, 0.3) is 0 Å².